The maximum atomic E-state index is 11.3. The molecule has 1 saturated heterocycles. The lowest BCUT2D eigenvalue weighted by Gasteiger charge is -2.38. The van der Waals surface area contributed by atoms with E-state index in [1.54, 1.807) is 19.5 Å². The van der Waals surface area contributed by atoms with Crippen molar-refractivity contribution in [1.29, 1.82) is 0 Å². The molecule has 1 aliphatic rings. The molecule has 1 aromatic carbocycles. The first-order valence-corrected chi connectivity index (χ1v) is 12.0. The van der Waals surface area contributed by atoms with Gasteiger partial charge in [-0.2, -0.15) is 0 Å². The van der Waals surface area contributed by atoms with Gasteiger partial charge < -0.3 is 19.4 Å². The number of aromatic nitrogens is 2. The molecule has 184 valence electrons. The van der Waals surface area contributed by atoms with Gasteiger partial charge in [0.25, 0.3) is 0 Å². The Balaban J connectivity index is 1.39. The van der Waals surface area contributed by atoms with Gasteiger partial charge in [-0.1, -0.05) is 5.92 Å². The van der Waals surface area contributed by atoms with Gasteiger partial charge in [-0.05, 0) is 79.8 Å². The number of carboxylic acids is 1. The van der Waals surface area contributed by atoms with Crippen molar-refractivity contribution in [2.24, 2.45) is 11.8 Å². The summed E-state index contributed by atoms with van der Waals surface area (Å²) in [7, 11) is 1.62. The molecule has 1 aliphatic heterocycles. The van der Waals surface area contributed by atoms with Gasteiger partial charge in [0.1, 0.15) is 5.75 Å². The van der Waals surface area contributed by atoms with Crippen LogP contribution in [0.15, 0.2) is 47.5 Å². The van der Waals surface area contributed by atoms with Gasteiger partial charge in [0.05, 0.1) is 31.5 Å². The van der Waals surface area contributed by atoms with Crippen LogP contribution < -0.4 is 4.74 Å². The summed E-state index contributed by atoms with van der Waals surface area (Å²) in [5, 5.41) is 21.2. The van der Waals surface area contributed by atoms with Crippen LogP contribution in [0.1, 0.15) is 49.5 Å². The highest BCUT2D eigenvalue weighted by atomic mass is 16.5. The number of hydrogen-bond acceptors (Lipinski definition) is 7. The van der Waals surface area contributed by atoms with Crippen molar-refractivity contribution in [3.05, 3.63) is 54.4 Å². The van der Waals surface area contributed by atoms with Crippen molar-refractivity contribution in [1.82, 2.24) is 14.9 Å². The van der Waals surface area contributed by atoms with Crippen LogP contribution in [0.4, 0.5) is 0 Å². The fourth-order valence-electron chi connectivity index (χ4n) is 4.92. The summed E-state index contributed by atoms with van der Waals surface area (Å²) in [5.74, 6) is 7.18. The molecule has 0 radical (unpaired) electrons. The predicted molar refractivity (Wildman–Crippen MR) is 131 cm³/mol. The second-order valence-corrected chi connectivity index (χ2v) is 9.02. The summed E-state index contributed by atoms with van der Waals surface area (Å²) < 4.78 is 10.5. The molecule has 0 bridgehead atoms. The van der Waals surface area contributed by atoms with E-state index in [4.69, 9.17) is 9.15 Å². The standard InChI is InChI=1S/C27H31N3O5/c1-34-21-6-7-25-24(15-21)23(10-12-29-25)26(31)8-4-19-11-14-30(17-20(19)5-9-27(32)33)13-2-3-22-16-28-18-35-22/h6-7,10,12,15-16,18-20,26,31H,4-5,8-9,11,13-14,17H2,1H3,(H,32,33)/t19?,20?,26-/m0/s1. The number of benzene rings is 1. The average Bonchev–Trinajstić information content (AvgIpc) is 3.39. The van der Waals surface area contributed by atoms with E-state index in [1.165, 1.54) is 6.39 Å². The van der Waals surface area contributed by atoms with Gasteiger partial charge in [0.2, 0.25) is 0 Å². The molecule has 4 rings (SSSR count). The first-order valence-electron chi connectivity index (χ1n) is 12.0. The van der Waals surface area contributed by atoms with Gasteiger partial charge >= 0.3 is 5.97 Å². The summed E-state index contributed by atoms with van der Waals surface area (Å²) in [6.07, 6.45) is 7.20. The van der Waals surface area contributed by atoms with E-state index in [1.807, 2.05) is 24.3 Å². The number of aliphatic hydroxyl groups is 1. The van der Waals surface area contributed by atoms with Gasteiger partial charge in [-0.3, -0.25) is 14.7 Å². The molecule has 35 heavy (non-hydrogen) atoms. The Hall–Kier alpha value is -3.41. The van der Waals surface area contributed by atoms with E-state index in [0.29, 0.717) is 31.1 Å². The van der Waals surface area contributed by atoms with Gasteiger partial charge in [0.15, 0.2) is 12.2 Å². The third-order valence-electron chi connectivity index (χ3n) is 6.80. The summed E-state index contributed by atoms with van der Waals surface area (Å²) in [5.41, 5.74) is 1.66. The summed E-state index contributed by atoms with van der Waals surface area (Å²) in [4.78, 5) is 21.8. The molecular weight excluding hydrogens is 446 g/mol. The second-order valence-electron chi connectivity index (χ2n) is 9.02. The SMILES string of the molecule is COc1ccc2nccc([C@@H](O)CCC3CCN(CC#Cc4cnco4)CC3CCC(=O)O)c2c1. The maximum absolute atomic E-state index is 11.3. The Kier molecular flexibility index (Phi) is 8.35. The average molecular weight is 478 g/mol. The van der Waals surface area contributed by atoms with E-state index in [0.717, 1.165) is 48.1 Å². The van der Waals surface area contributed by atoms with E-state index >= 15 is 0 Å². The van der Waals surface area contributed by atoms with Crippen LogP contribution in [-0.4, -0.2) is 57.8 Å². The molecule has 3 atom stereocenters. The van der Waals surface area contributed by atoms with E-state index in [2.05, 4.69) is 26.7 Å². The second kappa shape index (κ2) is 11.8. The summed E-state index contributed by atoms with van der Waals surface area (Å²) in [6, 6.07) is 7.54. The number of aliphatic carboxylic acids is 1. The Bertz CT molecular complexity index is 1180. The lowest BCUT2D eigenvalue weighted by molar-refractivity contribution is -0.137. The molecular formula is C27H31N3O5. The Morgan fingerprint density at radius 1 is 1.31 bits per heavy atom. The minimum atomic E-state index is -0.775. The third-order valence-corrected chi connectivity index (χ3v) is 6.80. The van der Waals surface area contributed by atoms with Gasteiger partial charge in [-0.25, -0.2) is 4.98 Å². The Morgan fingerprint density at radius 2 is 2.20 bits per heavy atom. The highest BCUT2D eigenvalue weighted by molar-refractivity contribution is 5.83. The molecule has 1 fully saturated rings. The van der Waals surface area contributed by atoms with Crippen LogP contribution in [0, 0.1) is 23.7 Å². The maximum Gasteiger partial charge on any atom is 0.303 e. The number of pyridine rings is 1. The molecule has 8 nitrogen and oxygen atoms in total. The van der Waals surface area contributed by atoms with Crippen molar-refractivity contribution < 1.29 is 24.2 Å². The highest BCUT2D eigenvalue weighted by Crippen LogP contribution is 2.35. The smallest absolute Gasteiger partial charge is 0.303 e. The molecule has 3 heterocycles. The number of hydrogen-bond donors (Lipinski definition) is 2. The van der Waals surface area contributed by atoms with Gasteiger partial charge in [0, 0.05) is 24.5 Å². The van der Waals surface area contributed by atoms with E-state index in [-0.39, 0.29) is 12.3 Å². The van der Waals surface area contributed by atoms with Crippen molar-refractivity contribution in [2.75, 3.05) is 26.7 Å². The number of oxazole rings is 1. The number of nitrogens with zero attached hydrogens (tertiary/aromatic N) is 3. The number of aliphatic hydroxyl groups excluding tert-OH is 1. The number of piperidine rings is 1. The van der Waals surface area contributed by atoms with E-state index < -0.39 is 12.1 Å². The molecule has 0 aliphatic carbocycles. The quantitative estimate of drug-likeness (QED) is 0.447. The van der Waals surface area contributed by atoms with Crippen LogP contribution in [0.5, 0.6) is 5.75 Å². The number of carbonyl (C=O) groups is 1. The zero-order valence-corrected chi connectivity index (χ0v) is 19.9. The number of carboxylic acid groups (broad SMARTS) is 1. The molecule has 2 N–H and O–H groups in total. The molecule has 2 aromatic heterocycles. The monoisotopic (exact) mass is 477 g/mol. The first-order chi connectivity index (χ1) is 17.0. The van der Waals surface area contributed by atoms with Crippen LogP contribution in [0.2, 0.25) is 0 Å². The fraction of sp³-hybridized carbons (Fsp3) is 0.444. The molecule has 8 heteroatoms. The van der Waals surface area contributed by atoms with Crippen LogP contribution >= 0.6 is 0 Å². The Labute approximate surface area is 204 Å². The summed E-state index contributed by atoms with van der Waals surface area (Å²) >= 11 is 0. The highest BCUT2D eigenvalue weighted by Gasteiger charge is 2.30. The van der Waals surface area contributed by atoms with Crippen LogP contribution in [-0.2, 0) is 4.79 Å². The summed E-state index contributed by atoms with van der Waals surface area (Å²) in [6.45, 7) is 2.30. The molecule has 0 amide bonds. The number of ether oxygens (including phenoxy) is 1. The number of methoxy groups -OCH3 is 1. The van der Waals surface area contributed by atoms with Crippen molar-refractivity contribution in [3.8, 4) is 17.6 Å². The van der Waals surface area contributed by atoms with Crippen molar-refractivity contribution in [2.45, 2.75) is 38.2 Å². The van der Waals surface area contributed by atoms with Crippen molar-refractivity contribution in [3.63, 3.8) is 0 Å². The third kappa shape index (κ3) is 6.59. The normalized spacial score (nSPS) is 19.1. The molecule has 3 aromatic rings. The lowest BCUT2D eigenvalue weighted by Crippen LogP contribution is -2.41. The van der Waals surface area contributed by atoms with Gasteiger partial charge in [-0.15, -0.1) is 0 Å². The topological polar surface area (TPSA) is 109 Å². The lowest BCUT2D eigenvalue weighted by atomic mass is 9.79. The zero-order chi connectivity index (χ0) is 24.6. The molecule has 2 unspecified atom stereocenters. The van der Waals surface area contributed by atoms with Crippen molar-refractivity contribution >= 4 is 16.9 Å². The largest absolute Gasteiger partial charge is 0.497 e. The fourth-order valence-corrected chi connectivity index (χ4v) is 4.92. The Morgan fingerprint density at radius 3 is 2.97 bits per heavy atom. The molecule has 0 spiro atoms. The van der Waals surface area contributed by atoms with Crippen LogP contribution in [0.25, 0.3) is 10.9 Å². The minimum absolute atomic E-state index is 0.149. The van der Waals surface area contributed by atoms with E-state index in [9.17, 15) is 15.0 Å². The number of fused-ring (bicyclic) bond motifs is 1. The zero-order valence-electron chi connectivity index (χ0n) is 19.9. The first kappa shape index (κ1) is 24.7. The minimum Gasteiger partial charge on any atom is -0.497 e. The van der Waals surface area contributed by atoms with Crippen LogP contribution in [0.3, 0.4) is 0 Å². The molecule has 0 saturated carbocycles. The predicted octanol–water partition coefficient (Wildman–Crippen LogP) is 3.90. The number of rotatable bonds is 9. The number of likely N-dealkylation sites (tertiary alicyclic amines) is 1.